The summed E-state index contributed by atoms with van der Waals surface area (Å²) in [6.45, 7) is 3.89. The Labute approximate surface area is 203 Å². The summed E-state index contributed by atoms with van der Waals surface area (Å²) < 4.78 is 0. The lowest BCUT2D eigenvalue weighted by Crippen LogP contribution is -2.09. The maximum absolute atomic E-state index is 11.8. The molecule has 0 aromatic carbocycles. The Morgan fingerprint density at radius 3 is 2.77 bits per heavy atom. The highest BCUT2D eigenvalue weighted by Gasteiger charge is 2.17. The Morgan fingerprint density at radius 2 is 1.94 bits per heavy atom. The zero-order chi connectivity index (χ0) is 23.9. The number of amides is 1. The number of imidazole rings is 1. The van der Waals surface area contributed by atoms with Gasteiger partial charge in [-0.05, 0) is 31.2 Å². The molecule has 6 rings (SSSR count). The molecular formula is C25H20N8OS. The second-order valence-electron chi connectivity index (χ2n) is 8.13. The minimum atomic E-state index is -0.0686. The van der Waals surface area contributed by atoms with E-state index in [2.05, 4.69) is 54.5 Å². The van der Waals surface area contributed by atoms with Crippen molar-refractivity contribution in [1.82, 2.24) is 35.1 Å². The van der Waals surface area contributed by atoms with Crippen LogP contribution in [0.4, 0.5) is 5.69 Å². The van der Waals surface area contributed by atoms with Gasteiger partial charge in [-0.1, -0.05) is 6.92 Å². The highest BCUT2D eigenvalue weighted by Crippen LogP contribution is 2.34. The Morgan fingerprint density at radius 1 is 1.06 bits per heavy atom. The van der Waals surface area contributed by atoms with Gasteiger partial charge >= 0.3 is 0 Å². The Kier molecular flexibility index (Phi) is 5.07. The molecule has 0 saturated heterocycles. The maximum Gasteiger partial charge on any atom is 0.224 e. The molecule has 9 nitrogen and oxygen atoms in total. The molecule has 0 unspecified atom stereocenters. The number of fused-ring (bicyclic) bond motifs is 2. The van der Waals surface area contributed by atoms with Crippen molar-refractivity contribution in [2.45, 2.75) is 20.3 Å². The highest BCUT2D eigenvalue weighted by atomic mass is 32.1. The van der Waals surface area contributed by atoms with E-state index in [1.54, 1.807) is 43.0 Å². The number of rotatable bonds is 5. The average Bonchev–Trinajstić information content (AvgIpc) is 3.61. The Bertz CT molecular complexity index is 1710. The minimum absolute atomic E-state index is 0.0686. The van der Waals surface area contributed by atoms with Crippen LogP contribution in [-0.4, -0.2) is 41.0 Å². The van der Waals surface area contributed by atoms with Crippen LogP contribution in [0.3, 0.4) is 0 Å². The van der Waals surface area contributed by atoms with Crippen molar-refractivity contribution in [2.75, 3.05) is 5.32 Å². The van der Waals surface area contributed by atoms with Gasteiger partial charge in [0.25, 0.3) is 0 Å². The average molecular weight is 481 g/mol. The Hall–Kier alpha value is -4.44. The largest absolute Gasteiger partial charge is 0.335 e. The van der Waals surface area contributed by atoms with Crippen LogP contribution in [-0.2, 0) is 4.79 Å². The maximum atomic E-state index is 11.8. The first kappa shape index (κ1) is 21.1. The van der Waals surface area contributed by atoms with E-state index in [1.807, 2.05) is 18.3 Å². The molecule has 3 N–H and O–H groups in total. The van der Waals surface area contributed by atoms with Gasteiger partial charge in [-0.15, -0.1) is 11.3 Å². The van der Waals surface area contributed by atoms with Gasteiger partial charge in [0.2, 0.25) is 5.91 Å². The third-order valence-electron chi connectivity index (χ3n) is 5.71. The molecule has 0 radical (unpaired) electrons. The molecule has 0 fully saturated rings. The van der Waals surface area contributed by atoms with Crippen molar-refractivity contribution in [3.63, 3.8) is 0 Å². The third kappa shape index (κ3) is 3.83. The monoisotopic (exact) mass is 480 g/mol. The standard InChI is InChI=1S/C25H20N8OS/c1-3-22(34)29-15-6-14(8-26-9-15)18-7-16-19(12-28-18)32-33-24(16)25-30-20-11-27-10-17(23(20)31-25)21-5-4-13(2)35-21/h4-12H,3H2,1-2H3,(H,29,34)(H,30,31)(H,32,33). The fourth-order valence-corrected chi connectivity index (χ4v) is 4.84. The summed E-state index contributed by atoms with van der Waals surface area (Å²) >= 11 is 1.71. The molecule has 6 heterocycles. The summed E-state index contributed by atoms with van der Waals surface area (Å²) in [5.74, 6) is 0.578. The van der Waals surface area contributed by atoms with Crippen LogP contribution in [0.2, 0.25) is 0 Å². The number of aromatic amines is 2. The smallest absolute Gasteiger partial charge is 0.224 e. The number of hydrogen-bond acceptors (Lipinski definition) is 7. The van der Waals surface area contributed by atoms with Crippen LogP contribution in [0, 0.1) is 6.92 Å². The van der Waals surface area contributed by atoms with Gasteiger partial charge in [0.05, 0.1) is 41.0 Å². The van der Waals surface area contributed by atoms with Crippen LogP contribution >= 0.6 is 11.3 Å². The first-order valence-corrected chi connectivity index (χ1v) is 11.9. The molecule has 0 aliphatic carbocycles. The lowest BCUT2D eigenvalue weighted by Gasteiger charge is -2.06. The summed E-state index contributed by atoms with van der Waals surface area (Å²) in [5, 5.41) is 11.3. The van der Waals surface area contributed by atoms with E-state index in [1.165, 1.54) is 4.88 Å². The number of carbonyl (C=O) groups is 1. The van der Waals surface area contributed by atoms with Crippen molar-refractivity contribution < 1.29 is 4.79 Å². The van der Waals surface area contributed by atoms with Crippen LogP contribution < -0.4 is 5.32 Å². The fourth-order valence-electron chi connectivity index (χ4n) is 3.96. The summed E-state index contributed by atoms with van der Waals surface area (Å²) in [6.07, 6.45) is 9.10. The van der Waals surface area contributed by atoms with Crippen LogP contribution in [0.15, 0.2) is 55.2 Å². The molecular weight excluding hydrogens is 460 g/mol. The molecule has 0 atom stereocenters. The molecule has 1 amide bonds. The zero-order valence-electron chi connectivity index (χ0n) is 19.0. The summed E-state index contributed by atoms with van der Waals surface area (Å²) in [6, 6.07) is 8.00. The molecule has 0 aliphatic heterocycles. The number of aromatic nitrogens is 7. The molecule has 0 saturated carbocycles. The van der Waals surface area contributed by atoms with Gasteiger partial charge in [-0.25, -0.2) is 4.98 Å². The van der Waals surface area contributed by atoms with E-state index in [4.69, 9.17) is 4.98 Å². The topological polar surface area (TPSA) is 125 Å². The second-order valence-corrected chi connectivity index (χ2v) is 9.42. The van der Waals surface area contributed by atoms with Gasteiger partial charge in [-0.2, -0.15) is 5.10 Å². The number of nitrogens with one attached hydrogen (secondary N) is 3. The molecule has 6 aromatic heterocycles. The predicted molar refractivity (Wildman–Crippen MR) is 137 cm³/mol. The summed E-state index contributed by atoms with van der Waals surface area (Å²) in [4.78, 5) is 35.6. The SMILES string of the molecule is CCC(=O)Nc1cncc(-c2cc3c(-c4nc5c(-c6ccc(C)s6)cncc5[nH]4)n[nH]c3cn2)c1. The van der Waals surface area contributed by atoms with Gasteiger partial charge < -0.3 is 10.3 Å². The fraction of sp³-hybridized carbons (Fsp3) is 0.120. The number of anilines is 1. The lowest BCUT2D eigenvalue weighted by molar-refractivity contribution is -0.115. The lowest BCUT2D eigenvalue weighted by atomic mass is 10.1. The highest BCUT2D eigenvalue weighted by molar-refractivity contribution is 7.15. The zero-order valence-corrected chi connectivity index (χ0v) is 19.8. The van der Waals surface area contributed by atoms with E-state index >= 15 is 0 Å². The molecule has 35 heavy (non-hydrogen) atoms. The van der Waals surface area contributed by atoms with E-state index in [-0.39, 0.29) is 5.91 Å². The van der Waals surface area contributed by atoms with Crippen molar-refractivity contribution in [3.8, 4) is 33.2 Å². The number of nitrogens with zero attached hydrogens (tertiary/aromatic N) is 5. The molecule has 10 heteroatoms. The third-order valence-corrected chi connectivity index (χ3v) is 6.74. The van der Waals surface area contributed by atoms with E-state index < -0.39 is 0 Å². The molecule has 0 spiro atoms. The van der Waals surface area contributed by atoms with Gasteiger partial charge in [0, 0.05) is 45.1 Å². The number of thiophene rings is 1. The summed E-state index contributed by atoms with van der Waals surface area (Å²) in [5.41, 5.74) is 6.30. The van der Waals surface area contributed by atoms with Crippen LogP contribution in [0.25, 0.3) is 55.2 Å². The first-order valence-electron chi connectivity index (χ1n) is 11.1. The van der Waals surface area contributed by atoms with Crippen molar-refractivity contribution in [2.24, 2.45) is 0 Å². The molecule has 172 valence electrons. The van der Waals surface area contributed by atoms with Gasteiger partial charge in [0.1, 0.15) is 11.2 Å². The number of carbonyl (C=O) groups excluding carboxylic acids is 1. The van der Waals surface area contributed by atoms with Gasteiger partial charge in [-0.3, -0.25) is 24.8 Å². The number of aryl methyl sites for hydroxylation is 1. The van der Waals surface area contributed by atoms with E-state index in [0.29, 0.717) is 29.3 Å². The quantitative estimate of drug-likeness (QED) is 0.306. The van der Waals surface area contributed by atoms with Crippen molar-refractivity contribution in [3.05, 3.63) is 60.1 Å². The normalized spacial score (nSPS) is 11.4. The van der Waals surface area contributed by atoms with E-state index in [9.17, 15) is 4.79 Å². The molecule has 0 aliphatic rings. The summed E-state index contributed by atoms with van der Waals surface area (Å²) in [7, 11) is 0. The number of H-pyrrole nitrogens is 2. The van der Waals surface area contributed by atoms with Crippen molar-refractivity contribution >= 4 is 44.9 Å². The number of pyridine rings is 3. The molecule has 6 aromatic rings. The number of hydrogen-bond donors (Lipinski definition) is 3. The molecule has 0 bridgehead atoms. The predicted octanol–water partition coefficient (Wildman–Crippen LogP) is 5.34. The van der Waals surface area contributed by atoms with E-state index in [0.717, 1.165) is 37.9 Å². The van der Waals surface area contributed by atoms with Crippen LogP contribution in [0.1, 0.15) is 18.2 Å². The first-order chi connectivity index (χ1) is 17.1. The second kappa shape index (κ2) is 8.41. The van der Waals surface area contributed by atoms with Gasteiger partial charge in [0.15, 0.2) is 5.82 Å². The minimum Gasteiger partial charge on any atom is -0.335 e. The van der Waals surface area contributed by atoms with Crippen LogP contribution in [0.5, 0.6) is 0 Å². The van der Waals surface area contributed by atoms with Crippen molar-refractivity contribution in [1.29, 1.82) is 0 Å². The Balaban J connectivity index is 1.43.